The number of hydrogen-bond donors (Lipinski definition) is 0. The van der Waals surface area contributed by atoms with Crippen LogP contribution in [0.1, 0.15) is 19.8 Å². The number of rotatable bonds is 4. The Morgan fingerprint density at radius 3 is 3.10 bits per heavy atom. The average molecular weight is 270 g/mol. The Hall–Kier alpha value is -1.61. The standard InChI is InChI=1S/C17H22N2O/c1-2-20-13-14-6-5-11-19(12-14)17-16-8-4-3-7-15(16)9-10-18-17/h3-4,7-10,14H,2,5-6,11-13H2,1H3. The molecule has 1 aromatic heterocycles. The van der Waals surface area contributed by atoms with E-state index in [2.05, 4.69) is 47.1 Å². The highest BCUT2D eigenvalue weighted by Crippen LogP contribution is 2.28. The highest BCUT2D eigenvalue weighted by Gasteiger charge is 2.22. The van der Waals surface area contributed by atoms with Gasteiger partial charge in [0.2, 0.25) is 0 Å². The summed E-state index contributed by atoms with van der Waals surface area (Å²) in [5.41, 5.74) is 0. The molecular weight excluding hydrogens is 248 g/mol. The average Bonchev–Trinajstić information content (AvgIpc) is 2.52. The van der Waals surface area contributed by atoms with Crippen LogP contribution in [0.15, 0.2) is 36.5 Å². The summed E-state index contributed by atoms with van der Waals surface area (Å²) < 4.78 is 5.60. The first-order valence-corrected chi connectivity index (χ1v) is 7.55. The van der Waals surface area contributed by atoms with Crippen LogP contribution in [0.4, 0.5) is 5.82 Å². The maximum atomic E-state index is 5.60. The Bertz CT molecular complexity index is 564. The Balaban J connectivity index is 1.83. The molecule has 1 fully saturated rings. The van der Waals surface area contributed by atoms with Crippen molar-refractivity contribution in [2.45, 2.75) is 19.8 Å². The zero-order valence-corrected chi connectivity index (χ0v) is 12.1. The minimum Gasteiger partial charge on any atom is -0.381 e. The lowest BCUT2D eigenvalue weighted by molar-refractivity contribution is 0.104. The smallest absolute Gasteiger partial charge is 0.136 e. The first kappa shape index (κ1) is 13.4. The van der Waals surface area contributed by atoms with Crippen molar-refractivity contribution in [3.63, 3.8) is 0 Å². The van der Waals surface area contributed by atoms with Gasteiger partial charge in [-0.3, -0.25) is 0 Å². The molecule has 1 aliphatic heterocycles. The largest absolute Gasteiger partial charge is 0.381 e. The van der Waals surface area contributed by atoms with Gasteiger partial charge in [0.05, 0.1) is 6.61 Å². The number of ether oxygens (including phenoxy) is 1. The molecule has 1 unspecified atom stereocenters. The highest BCUT2D eigenvalue weighted by atomic mass is 16.5. The number of benzene rings is 1. The van der Waals surface area contributed by atoms with Gasteiger partial charge in [-0.15, -0.1) is 0 Å². The summed E-state index contributed by atoms with van der Waals surface area (Å²) in [5.74, 6) is 1.76. The number of piperidine rings is 1. The van der Waals surface area contributed by atoms with Crippen LogP contribution in [0, 0.1) is 5.92 Å². The molecule has 3 nitrogen and oxygen atoms in total. The third kappa shape index (κ3) is 2.78. The van der Waals surface area contributed by atoms with Crippen molar-refractivity contribution in [2.75, 3.05) is 31.2 Å². The van der Waals surface area contributed by atoms with Crippen molar-refractivity contribution < 1.29 is 4.74 Å². The molecule has 0 spiro atoms. The number of hydrogen-bond acceptors (Lipinski definition) is 3. The van der Waals surface area contributed by atoms with Gasteiger partial charge < -0.3 is 9.64 Å². The van der Waals surface area contributed by atoms with E-state index in [1.165, 1.54) is 23.6 Å². The topological polar surface area (TPSA) is 25.4 Å². The van der Waals surface area contributed by atoms with E-state index in [9.17, 15) is 0 Å². The van der Waals surface area contributed by atoms with Crippen molar-refractivity contribution >= 4 is 16.6 Å². The molecule has 0 aliphatic carbocycles. The van der Waals surface area contributed by atoms with Crippen LogP contribution in [0.2, 0.25) is 0 Å². The molecule has 106 valence electrons. The van der Waals surface area contributed by atoms with E-state index >= 15 is 0 Å². The monoisotopic (exact) mass is 270 g/mol. The van der Waals surface area contributed by atoms with Crippen LogP contribution in [-0.4, -0.2) is 31.3 Å². The maximum Gasteiger partial charge on any atom is 0.136 e. The minimum atomic E-state index is 0.629. The van der Waals surface area contributed by atoms with Crippen LogP contribution in [-0.2, 0) is 4.74 Å². The molecule has 0 saturated carbocycles. The lowest BCUT2D eigenvalue weighted by Gasteiger charge is -2.34. The predicted molar refractivity (Wildman–Crippen MR) is 83.2 cm³/mol. The van der Waals surface area contributed by atoms with Gasteiger partial charge in [0.15, 0.2) is 0 Å². The number of pyridine rings is 1. The summed E-state index contributed by atoms with van der Waals surface area (Å²) in [4.78, 5) is 7.06. The van der Waals surface area contributed by atoms with Gasteiger partial charge in [0.1, 0.15) is 5.82 Å². The van der Waals surface area contributed by atoms with Gasteiger partial charge in [0, 0.05) is 31.3 Å². The van der Waals surface area contributed by atoms with E-state index in [4.69, 9.17) is 4.74 Å². The van der Waals surface area contributed by atoms with Gasteiger partial charge in [-0.2, -0.15) is 0 Å². The molecule has 1 aromatic carbocycles. The fourth-order valence-electron chi connectivity index (χ4n) is 3.03. The zero-order valence-electron chi connectivity index (χ0n) is 12.1. The van der Waals surface area contributed by atoms with E-state index in [-0.39, 0.29) is 0 Å². The summed E-state index contributed by atoms with van der Waals surface area (Å²) in [6.07, 6.45) is 4.41. The van der Waals surface area contributed by atoms with E-state index in [0.717, 1.165) is 32.1 Å². The lowest BCUT2D eigenvalue weighted by Crippen LogP contribution is -2.37. The quantitative estimate of drug-likeness (QED) is 0.850. The Morgan fingerprint density at radius 1 is 1.30 bits per heavy atom. The third-order valence-electron chi connectivity index (χ3n) is 4.03. The molecule has 1 aliphatic rings. The molecule has 3 rings (SSSR count). The first-order valence-electron chi connectivity index (χ1n) is 7.55. The summed E-state index contributed by atoms with van der Waals surface area (Å²) in [5, 5.41) is 2.52. The lowest BCUT2D eigenvalue weighted by atomic mass is 9.98. The van der Waals surface area contributed by atoms with E-state index in [0.29, 0.717) is 5.92 Å². The van der Waals surface area contributed by atoms with Crippen molar-refractivity contribution in [3.8, 4) is 0 Å². The van der Waals surface area contributed by atoms with Crippen molar-refractivity contribution in [2.24, 2.45) is 5.92 Å². The minimum absolute atomic E-state index is 0.629. The van der Waals surface area contributed by atoms with E-state index in [1.807, 2.05) is 6.20 Å². The second-order valence-corrected chi connectivity index (χ2v) is 5.47. The number of fused-ring (bicyclic) bond motifs is 1. The summed E-state index contributed by atoms with van der Waals surface area (Å²) in [6, 6.07) is 10.6. The van der Waals surface area contributed by atoms with Crippen LogP contribution >= 0.6 is 0 Å². The molecule has 0 N–H and O–H groups in total. The first-order chi connectivity index (χ1) is 9.88. The van der Waals surface area contributed by atoms with Crippen LogP contribution in [0.3, 0.4) is 0 Å². The van der Waals surface area contributed by atoms with Crippen LogP contribution < -0.4 is 4.90 Å². The Kier molecular flexibility index (Phi) is 4.16. The molecule has 20 heavy (non-hydrogen) atoms. The highest BCUT2D eigenvalue weighted by molar-refractivity contribution is 5.92. The molecule has 3 heteroatoms. The number of nitrogens with zero attached hydrogens (tertiary/aromatic N) is 2. The summed E-state index contributed by atoms with van der Waals surface area (Å²) >= 11 is 0. The van der Waals surface area contributed by atoms with Gasteiger partial charge >= 0.3 is 0 Å². The van der Waals surface area contributed by atoms with Gasteiger partial charge in [-0.1, -0.05) is 24.3 Å². The van der Waals surface area contributed by atoms with Gasteiger partial charge in [0.25, 0.3) is 0 Å². The summed E-state index contributed by atoms with van der Waals surface area (Å²) in [7, 11) is 0. The predicted octanol–water partition coefficient (Wildman–Crippen LogP) is 3.49. The molecule has 2 heterocycles. The fraction of sp³-hybridized carbons (Fsp3) is 0.471. The molecule has 2 aromatic rings. The number of aromatic nitrogens is 1. The van der Waals surface area contributed by atoms with Crippen molar-refractivity contribution in [3.05, 3.63) is 36.5 Å². The Labute approximate surface area is 120 Å². The SMILES string of the molecule is CCOCC1CCCN(c2nccc3ccccc23)C1. The second-order valence-electron chi connectivity index (χ2n) is 5.47. The van der Waals surface area contributed by atoms with Crippen LogP contribution in [0.25, 0.3) is 10.8 Å². The summed E-state index contributed by atoms with van der Waals surface area (Å²) in [6.45, 7) is 5.90. The maximum absolute atomic E-state index is 5.60. The third-order valence-corrected chi connectivity index (χ3v) is 4.03. The second kappa shape index (κ2) is 6.23. The number of anilines is 1. The van der Waals surface area contributed by atoms with Crippen LogP contribution in [0.5, 0.6) is 0 Å². The van der Waals surface area contributed by atoms with E-state index < -0.39 is 0 Å². The Morgan fingerprint density at radius 2 is 2.20 bits per heavy atom. The zero-order chi connectivity index (χ0) is 13.8. The molecule has 0 radical (unpaired) electrons. The van der Waals surface area contributed by atoms with Gasteiger partial charge in [-0.05, 0) is 37.1 Å². The molecule has 0 amide bonds. The van der Waals surface area contributed by atoms with Gasteiger partial charge in [-0.25, -0.2) is 4.98 Å². The van der Waals surface area contributed by atoms with E-state index in [1.54, 1.807) is 0 Å². The normalized spacial score (nSPS) is 19.4. The fourth-order valence-corrected chi connectivity index (χ4v) is 3.03. The molecule has 0 bridgehead atoms. The molecular formula is C17H22N2O. The molecule has 1 saturated heterocycles. The molecule has 1 atom stereocenters. The van der Waals surface area contributed by atoms with Crippen molar-refractivity contribution in [1.29, 1.82) is 0 Å². The van der Waals surface area contributed by atoms with Crippen molar-refractivity contribution in [1.82, 2.24) is 4.98 Å².